The normalized spacial score (nSPS) is 60.9. The summed E-state index contributed by atoms with van der Waals surface area (Å²) in [5, 5.41) is 64.3. The highest BCUT2D eigenvalue weighted by atomic mass is 16.7. The average Bonchev–Trinajstić information content (AvgIpc) is 3.53. The minimum Gasteiger partial charge on any atom is -0.393 e. The van der Waals surface area contributed by atoms with Crippen molar-refractivity contribution in [2.75, 3.05) is 13.2 Å². The van der Waals surface area contributed by atoms with Crippen molar-refractivity contribution in [3.8, 4) is 0 Å². The maximum atomic E-state index is 11.6. The summed E-state index contributed by atoms with van der Waals surface area (Å²) in [6, 6.07) is 0. The first-order valence-electron chi connectivity index (χ1n) is 19.6. The molecule has 286 valence electrons. The summed E-state index contributed by atoms with van der Waals surface area (Å²) in [6.07, 6.45) is -3.60. The van der Waals surface area contributed by atoms with E-state index in [1.54, 1.807) is 6.92 Å². The van der Waals surface area contributed by atoms with Gasteiger partial charge in [-0.1, -0.05) is 27.7 Å². The van der Waals surface area contributed by atoms with E-state index in [0.29, 0.717) is 41.9 Å². The van der Waals surface area contributed by atoms with Gasteiger partial charge < -0.3 is 59.1 Å². The summed E-state index contributed by atoms with van der Waals surface area (Å²) >= 11 is 0. The number of ether oxygens (including phenoxy) is 6. The number of fused-ring (bicyclic) bond motifs is 7. The molecule has 0 aromatic carbocycles. The molecule has 50 heavy (non-hydrogen) atoms. The van der Waals surface area contributed by atoms with E-state index in [2.05, 4.69) is 27.7 Å². The second-order valence-corrected chi connectivity index (χ2v) is 18.4. The topological polar surface area (TPSA) is 177 Å². The first-order valence-corrected chi connectivity index (χ1v) is 19.6. The van der Waals surface area contributed by atoms with Crippen LogP contribution in [-0.4, -0.2) is 123 Å². The number of rotatable bonds is 4. The molecule has 4 aliphatic heterocycles. The Morgan fingerprint density at radius 2 is 1.44 bits per heavy atom. The molecule has 1 spiro atoms. The maximum absolute atomic E-state index is 11.6. The molecule has 6 N–H and O–H groups in total. The van der Waals surface area contributed by atoms with Gasteiger partial charge in [0.1, 0.15) is 36.6 Å². The Morgan fingerprint density at radius 3 is 2.18 bits per heavy atom. The van der Waals surface area contributed by atoms with Gasteiger partial charge in [0.2, 0.25) is 0 Å². The zero-order valence-corrected chi connectivity index (χ0v) is 30.4. The van der Waals surface area contributed by atoms with Crippen molar-refractivity contribution in [1.29, 1.82) is 0 Å². The molecule has 8 fully saturated rings. The lowest BCUT2D eigenvalue weighted by Crippen LogP contribution is -2.64. The van der Waals surface area contributed by atoms with Crippen LogP contribution in [0.3, 0.4) is 0 Å². The monoisotopic (exact) mass is 710 g/mol. The summed E-state index contributed by atoms with van der Waals surface area (Å²) in [4.78, 5) is 0. The molecule has 4 saturated heterocycles. The van der Waals surface area contributed by atoms with E-state index >= 15 is 0 Å². The van der Waals surface area contributed by atoms with Crippen molar-refractivity contribution >= 4 is 0 Å². The van der Waals surface area contributed by atoms with E-state index in [0.717, 1.165) is 58.0 Å². The van der Waals surface area contributed by atoms with Gasteiger partial charge in [0, 0.05) is 12.3 Å². The van der Waals surface area contributed by atoms with Gasteiger partial charge in [0.05, 0.1) is 37.6 Å². The van der Waals surface area contributed by atoms with E-state index in [1.165, 1.54) is 0 Å². The van der Waals surface area contributed by atoms with Crippen LogP contribution >= 0.6 is 0 Å². The largest absolute Gasteiger partial charge is 0.393 e. The standard InChI is InChI=1S/C38H62O12/c1-17-6-11-38(46-15-17)18(2)28-27(50-38)14-23-21-13-26(24-12-20(39)7-9-36(24,4)22(21)8-10-37(23,28)5)48-35-32(44)33(29(41)19(3)47-35)49-34-31(43)30(42)25(40)16-45-34/h17-35,39-44H,6-16H2,1-5H3/t17-,18+,19-,20+,21-,22+,23+,24-,25-,26+,27+,28+,29-,30+,31-,32-,33+,34+,35+,36-,37+,38-/m1/s1. The Kier molecular flexibility index (Phi) is 9.55. The van der Waals surface area contributed by atoms with Crippen molar-refractivity contribution in [3.05, 3.63) is 0 Å². The van der Waals surface area contributed by atoms with Crippen molar-refractivity contribution in [2.24, 2.45) is 52.3 Å². The van der Waals surface area contributed by atoms with Gasteiger partial charge in [-0.05, 0) is 105 Å². The lowest BCUT2D eigenvalue weighted by Gasteiger charge is -2.63. The number of hydrogen-bond acceptors (Lipinski definition) is 12. The minimum atomic E-state index is -1.57. The molecule has 22 atom stereocenters. The van der Waals surface area contributed by atoms with Gasteiger partial charge in [-0.2, -0.15) is 0 Å². The van der Waals surface area contributed by atoms with Gasteiger partial charge in [0.15, 0.2) is 18.4 Å². The van der Waals surface area contributed by atoms with Crippen molar-refractivity contribution in [2.45, 2.75) is 172 Å². The van der Waals surface area contributed by atoms with Crippen LogP contribution in [0.15, 0.2) is 0 Å². The van der Waals surface area contributed by atoms with Crippen molar-refractivity contribution < 1.29 is 59.1 Å². The third-order valence-corrected chi connectivity index (χ3v) is 15.7. The fourth-order valence-corrected chi connectivity index (χ4v) is 12.9. The number of hydrogen-bond donors (Lipinski definition) is 6. The predicted molar refractivity (Wildman–Crippen MR) is 177 cm³/mol. The third-order valence-electron chi connectivity index (χ3n) is 15.7. The first-order chi connectivity index (χ1) is 23.7. The molecule has 0 unspecified atom stereocenters. The molecule has 0 radical (unpaired) electrons. The van der Waals surface area contributed by atoms with Gasteiger partial charge >= 0.3 is 0 Å². The Hall–Kier alpha value is -0.480. The summed E-state index contributed by atoms with van der Waals surface area (Å²) in [7, 11) is 0. The first kappa shape index (κ1) is 36.5. The Bertz CT molecular complexity index is 1230. The van der Waals surface area contributed by atoms with Crippen LogP contribution in [0.4, 0.5) is 0 Å². The van der Waals surface area contributed by atoms with Crippen LogP contribution in [0.5, 0.6) is 0 Å². The Morgan fingerprint density at radius 1 is 0.680 bits per heavy atom. The van der Waals surface area contributed by atoms with Crippen molar-refractivity contribution in [1.82, 2.24) is 0 Å². The number of aliphatic hydroxyl groups is 6. The molecule has 4 aliphatic carbocycles. The highest BCUT2D eigenvalue weighted by molar-refractivity contribution is 5.16. The van der Waals surface area contributed by atoms with E-state index < -0.39 is 67.2 Å². The van der Waals surface area contributed by atoms with E-state index in [9.17, 15) is 30.6 Å². The summed E-state index contributed by atoms with van der Waals surface area (Å²) in [5.74, 6) is 2.24. The lowest BCUT2D eigenvalue weighted by atomic mass is 9.43. The predicted octanol–water partition coefficient (Wildman–Crippen LogP) is 2.08. The van der Waals surface area contributed by atoms with Gasteiger partial charge in [-0.25, -0.2) is 0 Å². The fourth-order valence-electron chi connectivity index (χ4n) is 12.9. The second-order valence-electron chi connectivity index (χ2n) is 18.4. The zero-order chi connectivity index (χ0) is 35.5. The minimum absolute atomic E-state index is 0.0557. The molecule has 0 amide bonds. The van der Waals surface area contributed by atoms with Crippen LogP contribution in [0.1, 0.15) is 92.4 Å². The van der Waals surface area contributed by atoms with E-state index in [1.807, 2.05) is 0 Å². The Balaban J connectivity index is 1.04. The van der Waals surface area contributed by atoms with Gasteiger partial charge in [-0.15, -0.1) is 0 Å². The molecular formula is C38H62O12. The fraction of sp³-hybridized carbons (Fsp3) is 1.00. The van der Waals surface area contributed by atoms with Crippen LogP contribution < -0.4 is 0 Å². The Labute approximate surface area is 296 Å². The molecule has 0 aromatic heterocycles. The van der Waals surface area contributed by atoms with E-state index in [4.69, 9.17) is 28.4 Å². The molecule has 8 rings (SSSR count). The van der Waals surface area contributed by atoms with Crippen molar-refractivity contribution in [3.63, 3.8) is 0 Å². The van der Waals surface area contributed by atoms with Crippen LogP contribution in [0.2, 0.25) is 0 Å². The van der Waals surface area contributed by atoms with E-state index in [-0.39, 0.29) is 35.6 Å². The summed E-state index contributed by atoms with van der Waals surface area (Å²) < 4.78 is 37.9. The average molecular weight is 711 g/mol. The van der Waals surface area contributed by atoms with Crippen LogP contribution in [0.25, 0.3) is 0 Å². The summed E-state index contributed by atoms with van der Waals surface area (Å²) in [5.41, 5.74) is 0.0559. The lowest BCUT2D eigenvalue weighted by molar-refractivity contribution is -0.357. The SMILES string of the molecule is C[C@@H]1CC[C@@]2(OC1)O[C@H]1C[C@H]3[C@@H]4C[C@H](O[C@@H]5O[C@H](C)[C@@H](O)[C@H](O[C@@H]6OC[C@@H](O)[C@H](O)[C@H]6O)[C@H]5O)[C@H]5C[C@@H](O)CC[C@]5(C)[C@H]4CC[C@]3(C)[C@H]1[C@@H]2C. The molecule has 8 aliphatic rings. The van der Waals surface area contributed by atoms with Gasteiger partial charge in [0.25, 0.3) is 0 Å². The highest BCUT2D eigenvalue weighted by Crippen LogP contribution is 2.71. The highest BCUT2D eigenvalue weighted by Gasteiger charge is 2.70. The molecule has 4 heterocycles. The molecular weight excluding hydrogens is 648 g/mol. The quantitative estimate of drug-likeness (QED) is 0.235. The van der Waals surface area contributed by atoms with Gasteiger partial charge in [-0.3, -0.25) is 0 Å². The zero-order valence-electron chi connectivity index (χ0n) is 30.4. The summed E-state index contributed by atoms with van der Waals surface area (Å²) in [6.45, 7) is 11.7. The molecule has 0 bridgehead atoms. The molecule has 12 heteroatoms. The number of aliphatic hydroxyl groups excluding tert-OH is 6. The third kappa shape index (κ3) is 5.60. The maximum Gasteiger partial charge on any atom is 0.186 e. The van der Waals surface area contributed by atoms with Crippen LogP contribution in [-0.2, 0) is 28.4 Å². The molecule has 4 saturated carbocycles. The molecule has 0 aromatic rings. The molecule has 12 nitrogen and oxygen atoms in total. The second kappa shape index (κ2) is 13.1. The smallest absolute Gasteiger partial charge is 0.186 e. The van der Waals surface area contributed by atoms with Crippen LogP contribution in [0, 0.1) is 52.3 Å².